The van der Waals surface area contributed by atoms with Gasteiger partial charge in [-0.15, -0.1) is 0 Å². The van der Waals surface area contributed by atoms with E-state index in [0.717, 1.165) is 15.4 Å². The third-order valence-corrected chi connectivity index (χ3v) is 5.84. The number of hydrogen-bond acceptors (Lipinski definition) is 6. The fraction of sp³-hybridized carbons (Fsp3) is 0.174. The fourth-order valence-electron chi connectivity index (χ4n) is 3.64. The summed E-state index contributed by atoms with van der Waals surface area (Å²) in [4.78, 5) is 29.6. The Kier molecular flexibility index (Phi) is 5.74. The van der Waals surface area contributed by atoms with E-state index >= 15 is 0 Å². The molecule has 0 aliphatic carbocycles. The fourth-order valence-corrected chi connectivity index (χ4v) is 3.91. The van der Waals surface area contributed by atoms with Crippen LogP contribution >= 0.6 is 15.9 Å². The number of benzene rings is 2. The van der Waals surface area contributed by atoms with E-state index in [-0.39, 0.29) is 17.9 Å². The molecule has 5 rings (SSSR count). The summed E-state index contributed by atoms with van der Waals surface area (Å²) in [6, 6.07) is 15.2. The van der Waals surface area contributed by atoms with E-state index in [1.807, 2.05) is 48.5 Å². The third kappa shape index (κ3) is 4.42. The number of fused-ring (bicyclic) bond motifs is 2. The Balaban J connectivity index is 1.23. The molecule has 0 spiro atoms. The van der Waals surface area contributed by atoms with Crippen molar-refractivity contribution in [3.05, 3.63) is 87.1 Å². The monoisotopic (exact) mass is 506 g/mol. The van der Waals surface area contributed by atoms with Crippen molar-refractivity contribution in [1.82, 2.24) is 29.8 Å². The molecule has 0 saturated carbocycles. The van der Waals surface area contributed by atoms with Gasteiger partial charge in [-0.25, -0.2) is 9.67 Å². The Morgan fingerprint density at radius 2 is 1.91 bits per heavy atom. The van der Waals surface area contributed by atoms with Gasteiger partial charge in [-0.2, -0.15) is 5.10 Å². The molecule has 3 aromatic heterocycles. The summed E-state index contributed by atoms with van der Waals surface area (Å²) in [7, 11) is 0. The molecule has 2 aromatic carbocycles. The molecular weight excluding hydrogens is 488 g/mol. The molecule has 3 heterocycles. The summed E-state index contributed by atoms with van der Waals surface area (Å²) in [5.41, 5.74) is 2.58. The Bertz CT molecular complexity index is 1500. The van der Waals surface area contributed by atoms with Crippen molar-refractivity contribution < 1.29 is 9.32 Å². The molecule has 1 amide bonds. The molecule has 9 nitrogen and oxygen atoms in total. The zero-order chi connectivity index (χ0) is 22.8. The second kappa shape index (κ2) is 8.99. The smallest absolute Gasteiger partial charge is 0.264 e. The number of para-hydroxylation sites is 1. The largest absolute Gasteiger partial charge is 0.356 e. The summed E-state index contributed by atoms with van der Waals surface area (Å²) in [5.74, 6) is -0.171. The molecule has 0 bridgehead atoms. The first-order chi connectivity index (χ1) is 16.1. The van der Waals surface area contributed by atoms with Gasteiger partial charge in [-0.3, -0.25) is 14.2 Å². The van der Waals surface area contributed by atoms with Gasteiger partial charge in [0.1, 0.15) is 17.4 Å². The molecule has 0 atom stereocenters. The number of amides is 1. The number of carbonyl (C=O) groups excluding carboxylic acids is 1. The minimum Gasteiger partial charge on any atom is -0.356 e. The van der Waals surface area contributed by atoms with Gasteiger partial charge in [-0.05, 0) is 29.8 Å². The number of nitrogens with zero attached hydrogens (tertiary/aromatic N) is 5. The molecule has 166 valence electrons. The average Bonchev–Trinajstić information content (AvgIpc) is 3.42. The van der Waals surface area contributed by atoms with E-state index in [0.29, 0.717) is 41.9 Å². The third-order valence-electron chi connectivity index (χ3n) is 5.31. The van der Waals surface area contributed by atoms with Crippen molar-refractivity contribution in [3.8, 4) is 0 Å². The topological polar surface area (TPSA) is 108 Å². The van der Waals surface area contributed by atoms with E-state index in [1.165, 1.54) is 12.5 Å². The SMILES string of the molecule is O=C(Cc1noc2ccccc12)NCCn1ncc2c(=O)n(Cc3ccc(Br)cc3)cnc21. The van der Waals surface area contributed by atoms with E-state index in [4.69, 9.17) is 4.52 Å². The molecule has 33 heavy (non-hydrogen) atoms. The van der Waals surface area contributed by atoms with Crippen LogP contribution in [0.15, 0.2) is 74.8 Å². The average molecular weight is 507 g/mol. The molecule has 10 heteroatoms. The van der Waals surface area contributed by atoms with Gasteiger partial charge in [0.15, 0.2) is 11.2 Å². The highest BCUT2D eigenvalue weighted by Gasteiger charge is 2.13. The quantitative estimate of drug-likeness (QED) is 0.363. The van der Waals surface area contributed by atoms with Gasteiger partial charge in [0.2, 0.25) is 5.91 Å². The van der Waals surface area contributed by atoms with E-state index in [1.54, 1.807) is 9.25 Å². The van der Waals surface area contributed by atoms with E-state index in [2.05, 4.69) is 36.5 Å². The predicted molar refractivity (Wildman–Crippen MR) is 126 cm³/mol. The van der Waals surface area contributed by atoms with Crippen LogP contribution in [0.2, 0.25) is 0 Å². The molecule has 0 aliphatic rings. The van der Waals surface area contributed by atoms with Gasteiger partial charge in [0.25, 0.3) is 5.56 Å². The Morgan fingerprint density at radius 1 is 1.09 bits per heavy atom. The van der Waals surface area contributed by atoms with Crippen molar-refractivity contribution >= 4 is 43.8 Å². The highest BCUT2D eigenvalue weighted by Crippen LogP contribution is 2.18. The first-order valence-electron chi connectivity index (χ1n) is 10.3. The van der Waals surface area contributed by atoms with Crippen LogP contribution in [0.25, 0.3) is 22.0 Å². The van der Waals surface area contributed by atoms with Gasteiger partial charge in [-0.1, -0.05) is 45.4 Å². The van der Waals surface area contributed by atoms with Gasteiger partial charge < -0.3 is 9.84 Å². The lowest BCUT2D eigenvalue weighted by Gasteiger charge is -2.07. The normalized spacial score (nSPS) is 11.3. The summed E-state index contributed by atoms with van der Waals surface area (Å²) in [5, 5.41) is 12.4. The lowest BCUT2D eigenvalue weighted by atomic mass is 10.1. The maximum absolute atomic E-state index is 12.9. The summed E-state index contributed by atoms with van der Waals surface area (Å²) >= 11 is 3.41. The van der Waals surface area contributed by atoms with Gasteiger partial charge in [0.05, 0.1) is 25.7 Å². The highest BCUT2D eigenvalue weighted by molar-refractivity contribution is 9.10. The van der Waals surface area contributed by atoms with Crippen molar-refractivity contribution in [1.29, 1.82) is 0 Å². The molecule has 5 aromatic rings. The van der Waals surface area contributed by atoms with Crippen LogP contribution < -0.4 is 10.9 Å². The second-order valence-electron chi connectivity index (χ2n) is 7.56. The summed E-state index contributed by atoms with van der Waals surface area (Å²) < 4.78 is 9.39. The number of rotatable bonds is 7. The Morgan fingerprint density at radius 3 is 2.76 bits per heavy atom. The maximum atomic E-state index is 12.9. The van der Waals surface area contributed by atoms with Crippen molar-refractivity contribution in [2.75, 3.05) is 6.54 Å². The number of carbonyl (C=O) groups is 1. The second-order valence-corrected chi connectivity index (χ2v) is 8.48. The van der Waals surface area contributed by atoms with Crippen LogP contribution in [0.5, 0.6) is 0 Å². The molecule has 0 radical (unpaired) electrons. The highest BCUT2D eigenvalue weighted by atomic mass is 79.9. The number of halogens is 1. The molecule has 0 saturated heterocycles. The number of hydrogen-bond donors (Lipinski definition) is 1. The Labute approximate surface area is 196 Å². The number of aromatic nitrogens is 5. The van der Waals surface area contributed by atoms with Crippen molar-refractivity contribution in [2.24, 2.45) is 0 Å². The van der Waals surface area contributed by atoms with Crippen LogP contribution in [0.1, 0.15) is 11.3 Å². The van der Waals surface area contributed by atoms with E-state index in [9.17, 15) is 9.59 Å². The van der Waals surface area contributed by atoms with Crippen LogP contribution in [0.3, 0.4) is 0 Å². The van der Waals surface area contributed by atoms with Crippen LogP contribution in [-0.2, 0) is 24.3 Å². The van der Waals surface area contributed by atoms with Crippen molar-refractivity contribution in [3.63, 3.8) is 0 Å². The molecule has 0 fully saturated rings. The van der Waals surface area contributed by atoms with Crippen LogP contribution in [-0.4, -0.2) is 36.9 Å². The van der Waals surface area contributed by atoms with E-state index < -0.39 is 0 Å². The molecule has 0 aliphatic heterocycles. The van der Waals surface area contributed by atoms with Gasteiger partial charge in [0, 0.05) is 16.4 Å². The molecular formula is C23H19BrN6O3. The zero-order valence-electron chi connectivity index (χ0n) is 17.4. The lowest BCUT2D eigenvalue weighted by molar-refractivity contribution is -0.120. The minimum absolute atomic E-state index is 0.121. The lowest BCUT2D eigenvalue weighted by Crippen LogP contribution is -2.29. The van der Waals surface area contributed by atoms with Crippen LogP contribution in [0, 0.1) is 0 Å². The minimum atomic E-state index is -0.171. The Hall–Kier alpha value is -3.79. The van der Waals surface area contributed by atoms with Gasteiger partial charge >= 0.3 is 0 Å². The summed E-state index contributed by atoms with van der Waals surface area (Å²) in [6.45, 7) is 1.15. The first-order valence-corrected chi connectivity index (χ1v) is 11.1. The number of nitrogens with one attached hydrogen (secondary N) is 1. The molecule has 0 unspecified atom stereocenters. The maximum Gasteiger partial charge on any atom is 0.264 e. The zero-order valence-corrected chi connectivity index (χ0v) is 19.0. The summed E-state index contributed by atoms with van der Waals surface area (Å²) in [6.07, 6.45) is 3.17. The van der Waals surface area contributed by atoms with Crippen molar-refractivity contribution in [2.45, 2.75) is 19.5 Å². The predicted octanol–water partition coefficient (Wildman–Crippen LogP) is 2.90. The van der Waals surface area contributed by atoms with Crippen LogP contribution in [0.4, 0.5) is 0 Å². The first kappa shape index (κ1) is 21.1. The molecule has 1 N–H and O–H groups in total. The standard InChI is InChI=1S/C23H19BrN6O3/c24-16-7-5-15(6-8-16)13-29-14-26-22-18(23(29)32)12-27-30(22)10-9-25-21(31)11-19-17-3-1-2-4-20(17)33-28-19/h1-8,12,14H,9-11,13H2,(H,25,31).